The van der Waals surface area contributed by atoms with E-state index < -0.39 is 17.7 Å². The summed E-state index contributed by atoms with van der Waals surface area (Å²) >= 11 is 0. The Kier molecular flexibility index (Phi) is 6.88. The molecule has 2 aliphatic rings. The summed E-state index contributed by atoms with van der Waals surface area (Å²) < 4.78 is 5.62. The average molecular weight is 467 g/mol. The molecule has 1 fully saturated rings. The van der Waals surface area contributed by atoms with Gasteiger partial charge in [-0.05, 0) is 47.9 Å². The molecule has 3 atom stereocenters. The number of alkyl carbamates (subject to hydrolysis) is 1. The lowest BCUT2D eigenvalue weighted by molar-refractivity contribution is -0.156. The number of benzene rings is 2. The molecule has 0 spiro atoms. The fourth-order valence-electron chi connectivity index (χ4n) is 4.92. The molecule has 0 radical (unpaired) electrons. The highest BCUT2D eigenvalue weighted by Gasteiger charge is 2.34. The van der Waals surface area contributed by atoms with Crippen LogP contribution in [0.1, 0.15) is 49.7 Å². The maximum Gasteiger partial charge on any atom is 0.407 e. The van der Waals surface area contributed by atoms with E-state index in [1.165, 1.54) is 0 Å². The predicted octanol–water partition coefficient (Wildman–Crippen LogP) is 3.04. The fraction of sp³-hybridized carbons (Fsp3) is 0.423. The van der Waals surface area contributed by atoms with E-state index in [0.29, 0.717) is 0 Å². The first kappa shape index (κ1) is 23.8. The highest BCUT2D eigenvalue weighted by Crippen LogP contribution is 2.44. The Balaban J connectivity index is 1.30. The van der Waals surface area contributed by atoms with Gasteiger partial charge in [-0.2, -0.15) is 0 Å². The number of carboxylic acids is 1. The van der Waals surface area contributed by atoms with Crippen LogP contribution in [0.4, 0.5) is 4.79 Å². The molecular weight excluding hydrogens is 436 g/mol. The van der Waals surface area contributed by atoms with Crippen molar-refractivity contribution in [2.45, 2.75) is 50.2 Å². The first-order valence-corrected chi connectivity index (χ1v) is 11.6. The molecule has 180 valence electrons. The van der Waals surface area contributed by atoms with Gasteiger partial charge in [0.1, 0.15) is 6.61 Å². The molecule has 0 aromatic heterocycles. The van der Waals surface area contributed by atoms with Gasteiger partial charge < -0.3 is 25.6 Å². The largest absolute Gasteiger partial charge is 0.479 e. The number of aliphatic carboxylic acids is 1. The summed E-state index contributed by atoms with van der Waals surface area (Å²) in [5.41, 5.74) is 2.59. The quantitative estimate of drug-likeness (QED) is 0.474. The monoisotopic (exact) mass is 466 g/mol. The summed E-state index contributed by atoms with van der Waals surface area (Å²) in [5, 5.41) is 24.1. The number of rotatable bonds is 8. The number of hydrogen-bond donors (Lipinski definition) is 4. The number of amides is 2. The number of nitrogens with one attached hydrogen (secondary N) is 2. The topological polar surface area (TPSA) is 125 Å². The number of fused-ring (bicyclic) bond motifs is 3. The number of carbonyl (C=O) groups excluding carboxylic acids is 2. The zero-order valence-corrected chi connectivity index (χ0v) is 19.1. The lowest BCUT2D eigenvalue weighted by Gasteiger charge is -2.23. The second kappa shape index (κ2) is 9.85. The van der Waals surface area contributed by atoms with Crippen molar-refractivity contribution in [1.82, 2.24) is 10.6 Å². The normalized spacial score (nSPS) is 20.6. The molecule has 0 bridgehead atoms. The van der Waals surface area contributed by atoms with E-state index in [-0.39, 0.29) is 43.4 Å². The summed E-state index contributed by atoms with van der Waals surface area (Å²) in [5.74, 6) is -1.85. The van der Waals surface area contributed by atoms with Gasteiger partial charge in [0, 0.05) is 18.4 Å². The van der Waals surface area contributed by atoms with Gasteiger partial charge in [0.2, 0.25) is 5.91 Å². The number of aliphatic hydroxyl groups is 1. The maximum atomic E-state index is 12.6. The molecule has 0 saturated heterocycles. The summed E-state index contributed by atoms with van der Waals surface area (Å²) in [7, 11) is 0. The fourth-order valence-corrected chi connectivity index (χ4v) is 4.92. The minimum atomic E-state index is -2.02. The molecule has 1 saturated carbocycles. The number of hydrogen-bond acceptors (Lipinski definition) is 5. The van der Waals surface area contributed by atoms with Crippen LogP contribution in [-0.2, 0) is 14.3 Å². The molecular formula is C26H30N2O6. The van der Waals surface area contributed by atoms with Crippen molar-refractivity contribution in [2.24, 2.45) is 5.92 Å². The molecule has 8 heteroatoms. The summed E-state index contributed by atoms with van der Waals surface area (Å²) in [6.45, 7) is 0.979. The number of carbonyl (C=O) groups is 3. The second-order valence-corrected chi connectivity index (χ2v) is 9.33. The van der Waals surface area contributed by atoms with Gasteiger partial charge in [0.05, 0.1) is 6.54 Å². The van der Waals surface area contributed by atoms with E-state index in [4.69, 9.17) is 9.84 Å². The van der Waals surface area contributed by atoms with Crippen LogP contribution >= 0.6 is 0 Å². The van der Waals surface area contributed by atoms with Gasteiger partial charge in [-0.15, -0.1) is 0 Å². The lowest BCUT2D eigenvalue weighted by atomic mass is 9.98. The van der Waals surface area contributed by atoms with Crippen molar-refractivity contribution in [3.05, 3.63) is 59.7 Å². The minimum absolute atomic E-state index is 0.0228. The molecule has 0 heterocycles. The van der Waals surface area contributed by atoms with E-state index in [1.807, 2.05) is 24.3 Å². The Morgan fingerprint density at radius 3 is 2.26 bits per heavy atom. The Morgan fingerprint density at radius 1 is 1.03 bits per heavy atom. The van der Waals surface area contributed by atoms with Crippen LogP contribution in [0.2, 0.25) is 0 Å². The Labute approximate surface area is 198 Å². The number of carboxylic acid groups (broad SMARTS) is 1. The van der Waals surface area contributed by atoms with Gasteiger partial charge in [-0.25, -0.2) is 9.59 Å². The van der Waals surface area contributed by atoms with E-state index in [9.17, 15) is 19.5 Å². The molecule has 4 rings (SSSR count). The molecule has 2 amide bonds. The third kappa shape index (κ3) is 5.07. The Hall–Kier alpha value is -3.39. The third-order valence-electron chi connectivity index (χ3n) is 6.84. The summed E-state index contributed by atoms with van der Waals surface area (Å²) in [4.78, 5) is 35.9. The van der Waals surface area contributed by atoms with Gasteiger partial charge in [0.15, 0.2) is 5.60 Å². The van der Waals surface area contributed by atoms with Crippen molar-refractivity contribution in [3.63, 3.8) is 0 Å². The molecule has 4 N–H and O–H groups in total. The van der Waals surface area contributed by atoms with Crippen LogP contribution in [-0.4, -0.2) is 53.0 Å². The first-order chi connectivity index (χ1) is 16.3. The van der Waals surface area contributed by atoms with Gasteiger partial charge in [-0.3, -0.25) is 4.79 Å². The van der Waals surface area contributed by atoms with Crippen molar-refractivity contribution >= 4 is 18.0 Å². The van der Waals surface area contributed by atoms with Gasteiger partial charge >= 0.3 is 12.1 Å². The zero-order valence-electron chi connectivity index (χ0n) is 19.1. The van der Waals surface area contributed by atoms with E-state index in [1.54, 1.807) is 0 Å². The highest BCUT2D eigenvalue weighted by molar-refractivity contribution is 5.81. The van der Waals surface area contributed by atoms with Crippen LogP contribution < -0.4 is 10.6 Å². The smallest absolute Gasteiger partial charge is 0.407 e. The van der Waals surface area contributed by atoms with Crippen LogP contribution in [0.25, 0.3) is 11.1 Å². The van der Waals surface area contributed by atoms with E-state index in [2.05, 4.69) is 34.9 Å². The predicted molar refractivity (Wildman–Crippen MR) is 125 cm³/mol. The van der Waals surface area contributed by atoms with Crippen molar-refractivity contribution < 1.29 is 29.3 Å². The van der Waals surface area contributed by atoms with Crippen LogP contribution in [0.5, 0.6) is 0 Å². The van der Waals surface area contributed by atoms with Crippen molar-refractivity contribution in [3.8, 4) is 11.1 Å². The molecule has 2 aromatic carbocycles. The molecule has 2 aliphatic carbocycles. The minimum Gasteiger partial charge on any atom is -0.479 e. The SMILES string of the molecule is CC(O)(CNC(=O)C[C@@H]1CCC[C@H]1NC(=O)OCC1c2ccccc2-c2ccccc21)C(=O)O. The number of ether oxygens (including phenoxy) is 1. The van der Waals surface area contributed by atoms with Gasteiger partial charge in [0.25, 0.3) is 0 Å². The van der Waals surface area contributed by atoms with Crippen LogP contribution in [0.3, 0.4) is 0 Å². The van der Waals surface area contributed by atoms with E-state index in [0.717, 1.165) is 48.4 Å². The zero-order chi connectivity index (χ0) is 24.3. The molecule has 2 aromatic rings. The molecule has 1 unspecified atom stereocenters. The maximum absolute atomic E-state index is 12.6. The van der Waals surface area contributed by atoms with Crippen molar-refractivity contribution in [2.75, 3.05) is 13.2 Å². The third-order valence-corrected chi connectivity index (χ3v) is 6.84. The van der Waals surface area contributed by atoms with Gasteiger partial charge in [-0.1, -0.05) is 55.0 Å². The lowest BCUT2D eigenvalue weighted by Crippen LogP contribution is -2.47. The summed E-state index contributed by atoms with van der Waals surface area (Å²) in [6, 6.07) is 16.1. The van der Waals surface area contributed by atoms with E-state index >= 15 is 0 Å². The van der Waals surface area contributed by atoms with Crippen molar-refractivity contribution in [1.29, 1.82) is 0 Å². The highest BCUT2D eigenvalue weighted by atomic mass is 16.5. The Bertz CT molecular complexity index is 1040. The van der Waals surface area contributed by atoms with Crippen LogP contribution in [0.15, 0.2) is 48.5 Å². The standard InChI is InChI=1S/C26H30N2O6/c1-26(33,24(30)31)15-27-23(29)13-16-7-6-12-22(16)28-25(32)34-14-21-19-10-4-2-8-17(19)18-9-3-5-11-20(18)21/h2-5,8-11,16,21-22,33H,6-7,12-15H2,1H3,(H,27,29)(H,28,32)(H,30,31)/t16-,22+,26?/m0/s1. The molecule has 0 aliphatic heterocycles. The molecule has 34 heavy (non-hydrogen) atoms. The first-order valence-electron chi connectivity index (χ1n) is 11.6. The summed E-state index contributed by atoms with van der Waals surface area (Å²) in [6.07, 6.45) is 2.03. The van der Waals surface area contributed by atoms with Crippen LogP contribution in [0, 0.1) is 5.92 Å². The average Bonchev–Trinajstić information content (AvgIpc) is 3.38. The molecule has 8 nitrogen and oxygen atoms in total. The second-order valence-electron chi connectivity index (χ2n) is 9.33. The Morgan fingerprint density at radius 2 is 1.65 bits per heavy atom.